The first-order valence-electron chi connectivity index (χ1n) is 5.45. The summed E-state index contributed by atoms with van der Waals surface area (Å²) in [6.07, 6.45) is 1.94. The molecule has 7 heteroatoms. The second-order valence-electron chi connectivity index (χ2n) is 5.04. The number of aromatic carboxylic acids is 1. The average Bonchev–Trinajstić information content (AvgIpc) is 2.85. The lowest BCUT2D eigenvalue weighted by Gasteiger charge is -2.07. The third-order valence-electron chi connectivity index (χ3n) is 3.15. The number of carboxylic acid groups (broad SMARTS) is 1. The Bertz CT molecular complexity index is 527. The molecule has 1 aromatic rings. The summed E-state index contributed by atoms with van der Waals surface area (Å²) in [7, 11) is 0. The number of hydrogen-bond donors (Lipinski definition) is 2. The maximum absolute atomic E-state index is 10.9. The van der Waals surface area contributed by atoms with Crippen LogP contribution in [0.25, 0.3) is 0 Å². The lowest BCUT2D eigenvalue weighted by Crippen LogP contribution is -2.11. The number of nitro groups is 1. The second-order valence-corrected chi connectivity index (χ2v) is 5.04. The maximum atomic E-state index is 10.9. The minimum Gasteiger partial charge on any atom is -0.477 e. The number of pyridine rings is 1. The SMILES string of the molecule is CC1(C)CC1Nc1cc(C(=O)O)c([N+](=O)[O-])cn1. The van der Waals surface area contributed by atoms with E-state index in [0.29, 0.717) is 5.82 Å². The van der Waals surface area contributed by atoms with E-state index in [2.05, 4.69) is 24.1 Å². The van der Waals surface area contributed by atoms with Crippen LogP contribution >= 0.6 is 0 Å². The molecule has 1 atom stereocenters. The number of aromatic nitrogens is 1. The van der Waals surface area contributed by atoms with E-state index in [-0.39, 0.29) is 17.0 Å². The van der Waals surface area contributed by atoms with Crippen molar-refractivity contribution in [1.29, 1.82) is 0 Å². The van der Waals surface area contributed by atoms with Gasteiger partial charge in [-0.2, -0.15) is 0 Å². The number of carbonyl (C=O) groups is 1. The fourth-order valence-electron chi connectivity index (χ4n) is 1.74. The molecule has 1 aliphatic carbocycles. The van der Waals surface area contributed by atoms with Crippen LogP contribution in [0.5, 0.6) is 0 Å². The third-order valence-corrected chi connectivity index (χ3v) is 3.15. The third kappa shape index (κ3) is 2.24. The van der Waals surface area contributed by atoms with Crippen LogP contribution in [0, 0.1) is 15.5 Å². The first-order chi connectivity index (χ1) is 8.31. The van der Waals surface area contributed by atoms with E-state index in [4.69, 9.17) is 5.11 Å². The summed E-state index contributed by atoms with van der Waals surface area (Å²) >= 11 is 0. The van der Waals surface area contributed by atoms with Gasteiger partial charge in [-0.25, -0.2) is 9.78 Å². The maximum Gasteiger partial charge on any atom is 0.342 e. The zero-order valence-electron chi connectivity index (χ0n) is 10.0. The summed E-state index contributed by atoms with van der Waals surface area (Å²) in [4.78, 5) is 24.7. The fourth-order valence-corrected chi connectivity index (χ4v) is 1.74. The molecule has 1 unspecified atom stereocenters. The molecule has 0 bridgehead atoms. The first-order valence-corrected chi connectivity index (χ1v) is 5.45. The molecule has 0 aliphatic heterocycles. The summed E-state index contributed by atoms with van der Waals surface area (Å²) in [5.74, 6) is -0.976. The fraction of sp³-hybridized carbons (Fsp3) is 0.455. The molecule has 0 radical (unpaired) electrons. The van der Waals surface area contributed by atoms with Gasteiger partial charge in [0.25, 0.3) is 0 Å². The van der Waals surface area contributed by atoms with Crippen molar-refractivity contribution in [2.24, 2.45) is 5.41 Å². The van der Waals surface area contributed by atoms with Crippen molar-refractivity contribution in [3.63, 3.8) is 0 Å². The molecular formula is C11H13N3O4. The van der Waals surface area contributed by atoms with Gasteiger partial charge in [0.05, 0.1) is 4.92 Å². The number of nitrogens with zero attached hydrogens (tertiary/aromatic N) is 2. The largest absolute Gasteiger partial charge is 0.477 e. The summed E-state index contributed by atoms with van der Waals surface area (Å²) in [6.45, 7) is 4.16. The summed E-state index contributed by atoms with van der Waals surface area (Å²) in [5, 5.41) is 22.7. The van der Waals surface area contributed by atoms with E-state index in [1.807, 2.05) is 0 Å². The first kappa shape index (κ1) is 12.3. The highest BCUT2D eigenvalue weighted by molar-refractivity contribution is 5.93. The van der Waals surface area contributed by atoms with E-state index in [1.165, 1.54) is 6.07 Å². The Morgan fingerprint density at radius 1 is 1.67 bits per heavy atom. The van der Waals surface area contributed by atoms with Gasteiger partial charge >= 0.3 is 11.7 Å². The van der Waals surface area contributed by atoms with Gasteiger partial charge in [-0.05, 0) is 11.8 Å². The predicted molar refractivity (Wildman–Crippen MR) is 63.7 cm³/mol. The van der Waals surface area contributed by atoms with Crippen LogP contribution in [0.4, 0.5) is 11.5 Å². The Kier molecular flexibility index (Phi) is 2.68. The zero-order valence-corrected chi connectivity index (χ0v) is 10.0. The molecule has 0 saturated heterocycles. The van der Waals surface area contributed by atoms with Crippen molar-refractivity contribution >= 4 is 17.5 Å². The molecule has 1 heterocycles. The second kappa shape index (κ2) is 3.94. The van der Waals surface area contributed by atoms with Gasteiger partial charge in [-0.15, -0.1) is 0 Å². The minimum absolute atomic E-state index is 0.160. The van der Waals surface area contributed by atoms with Gasteiger partial charge < -0.3 is 10.4 Å². The molecule has 0 spiro atoms. The average molecular weight is 251 g/mol. The molecule has 1 aliphatic rings. The highest BCUT2D eigenvalue weighted by Crippen LogP contribution is 2.46. The van der Waals surface area contributed by atoms with E-state index in [0.717, 1.165) is 12.6 Å². The standard InChI is InChI=1S/C11H13N3O4/c1-11(2)4-8(11)13-9-3-6(10(15)16)7(5-12-9)14(17)18/h3,5,8H,4H2,1-2H3,(H,12,13)(H,15,16). The van der Waals surface area contributed by atoms with E-state index < -0.39 is 16.6 Å². The van der Waals surface area contributed by atoms with Gasteiger partial charge in [0, 0.05) is 12.1 Å². The zero-order chi connectivity index (χ0) is 13.5. The normalized spacial score (nSPS) is 20.2. The highest BCUT2D eigenvalue weighted by Gasteiger charge is 2.45. The number of hydrogen-bond acceptors (Lipinski definition) is 5. The van der Waals surface area contributed by atoms with Gasteiger partial charge in [0.2, 0.25) is 0 Å². The Morgan fingerprint density at radius 2 is 2.28 bits per heavy atom. The van der Waals surface area contributed by atoms with Crippen molar-refractivity contribution in [3.05, 3.63) is 27.9 Å². The molecular weight excluding hydrogens is 238 g/mol. The molecule has 7 nitrogen and oxygen atoms in total. The van der Waals surface area contributed by atoms with Crippen LogP contribution in [0.15, 0.2) is 12.3 Å². The monoisotopic (exact) mass is 251 g/mol. The van der Waals surface area contributed by atoms with Crippen molar-refractivity contribution in [3.8, 4) is 0 Å². The molecule has 0 amide bonds. The van der Waals surface area contributed by atoms with Crippen LogP contribution < -0.4 is 5.32 Å². The molecule has 1 fully saturated rings. The van der Waals surface area contributed by atoms with Crippen molar-refractivity contribution in [2.45, 2.75) is 26.3 Å². The van der Waals surface area contributed by atoms with E-state index >= 15 is 0 Å². The van der Waals surface area contributed by atoms with Crippen molar-refractivity contribution in [1.82, 2.24) is 4.98 Å². The number of nitrogens with one attached hydrogen (secondary N) is 1. The quantitative estimate of drug-likeness (QED) is 0.625. The molecule has 18 heavy (non-hydrogen) atoms. The van der Waals surface area contributed by atoms with E-state index in [1.54, 1.807) is 0 Å². The van der Waals surface area contributed by atoms with E-state index in [9.17, 15) is 14.9 Å². The van der Waals surface area contributed by atoms with Crippen LogP contribution in [0.1, 0.15) is 30.6 Å². The van der Waals surface area contributed by atoms with Gasteiger partial charge in [-0.3, -0.25) is 10.1 Å². The molecule has 1 saturated carbocycles. The van der Waals surface area contributed by atoms with Gasteiger partial charge in [0.15, 0.2) is 0 Å². The summed E-state index contributed by atoms with van der Waals surface area (Å²) in [5.41, 5.74) is -0.689. The molecule has 0 aromatic carbocycles. The molecule has 2 rings (SSSR count). The Morgan fingerprint density at radius 3 is 2.72 bits per heavy atom. The smallest absolute Gasteiger partial charge is 0.342 e. The van der Waals surface area contributed by atoms with Crippen LogP contribution in [0.2, 0.25) is 0 Å². The van der Waals surface area contributed by atoms with Gasteiger partial charge in [-0.1, -0.05) is 13.8 Å². The van der Waals surface area contributed by atoms with Crippen LogP contribution in [-0.2, 0) is 0 Å². The van der Waals surface area contributed by atoms with Crippen molar-refractivity contribution in [2.75, 3.05) is 5.32 Å². The Labute approximate surface area is 103 Å². The Balaban J connectivity index is 2.26. The van der Waals surface area contributed by atoms with Crippen LogP contribution in [0.3, 0.4) is 0 Å². The Hall–Kier alpha value is -2.18. The van der Waals surface area contributed by atoms with Crippen LogP contribution in [-0.4, -0.2) is 27.0 Å². The summed E-state index contributed by atoms with van der Waals surface area (Å²) < 4.78 is 0. The number of rotatable bonds is 4. The summed E-state index contributed by atoms with van der Waals surface area (Å²) in [6, 6.07) is 1.43. The lowest BCUT2D eigenvalue weighted by atomic mass is 10.2. The molecule has 1 aromatic heterocycles. The topological polar surface area (TPSA) is 105 Å². The minimum atomic E-state index is -1.33. The predicted octanol–water partition coefficient (Wildman–Crippen LogP) is 1.90. The van der Waals surface area contributed by atoms with Gasteiger partial charge in [0.1, 0.15) is 17.6 Å². The van der Waals surface area contributed by atoms with Crippen molar-refractivity contribution < 1.29 is 14.8 Å². The highest BCUT2D eigenvalue weighted by atomic mass is 16.6. The lowest BCUT2D eigenvalue weighted by molar-refractivity contribution is -0.385. The molecule has 96 valence electrons. The number of anilines is 1. The number of carboxylic acids is 1. The molecule has 2 N–H and O–H groups in total.